The van der Waals surface area contributed by atoms with Crippen molar-refractivity contribution in [3.05, 3.63) is 83.6 Å². The summed E-state index contributed by atoms with van der Waals surface area (Å²) < 4.78 is 5.80. The van der Waals surface area contributed by atoms with Gasteiger partial charge in [-0.3, -0.25) is 19.3 Å². The number of hydrogen-bond acceptors (Lipinski definition) is 5. The predicted molar refractivity (Wildman–Crippen MR) is 125 cm³/mol. The molecule has 2 amide bonds. The summed E-state index contributed by atoms with van der Waals surface area (Å²) in [6, 6.07) is 20.4. The van der Waals surface area contributed by atoms with Crippen LogP contribution >= 0.6 is 0 Å². The highest BCUT2D eigenvalue weighted by Crippen LogP contribution is 2.24. The minimum Gasteiger partial charge on any atom is -0.451 e. The average Bonchev–Trinajstić information content (AvgIpc) is 3.34. The van der Waals surface area contributed by atoms with Gasteiger partial charge in [-0.25, -0.2) is 0 Å². The Morgan fingerprint density at radius 1 is 0.879 bits per heavy atom. The lowest BCUT2D eigenvalue weighted by molar-refractivity contribution is -0.122. The molecule has 1 aromatic heterocycles. The third-order valence-corrected chi connectivity index (χ3v) is 5.75. The van der Waals surface area contributed by atoms with E-state index in [1.54, 1.807) is 29.2 Å². The Kier molecular flexibility index (Phi) is 7.00. The lowest BCUT2D eigenvalue weighted by Crippen LogP contribution is -2.51. The van der Waals surface area contributed by atoms with Gasteiger partial charge in [-0.05, 0) is 24.6 Å². The molecule has 1 saturated heterocycles. The van der Waals surface area contributed by atoms with Crippen molar-refractivity contribution in [2.75, 3.05) is 32.7 Å². The lowest BCUT2D eigenvalue weighted by Gasteiger charge is -2.33. The van der Waals surface area contributed by atoms with Crippen molar-refractivity contribution in [3.63, 3.8) is 0 Å². The molecule has 7 heteroatoms. The molecule has 1 N–H and O–H groups in total. The largest absolute Gasteiger partial charge is 0.451 e. The van der Waals surface area contributed by atoms with E-state index in [0.29, 0.717) is 50.6 Å². The number of rotatable bonds is 7. The van der Waals surface area contributed by atoms with E-state index in [2.05, 4.69) is 5.32 Å². The summed E-state index contributed by atoms with van der Waals surface area (Å²) >= 11 is 0. The van der Waals surface area contributed by atoms with Gasteiger partial charge in [0.15, 0.2) is 11.5 Å². The zero-order chi connectivity index (χ0) is 23.2. The molecule has 170 valence electrons. The number of benzene rings is 2. The zero-order valence-corrected chi connectivity index (χ0v) is 18.6. The van der Waals surface area contributed by atoms with E-state index in [1.807, 2.05) is 47.4 Å². The van der Waals surface area contributed by atoms with Crippen molar-refractivity contribution in [2.45, 2.75) is 13.5 Å². The SMILES string of the molecule is CC(=O)c1ccc(-c2ccc(C(=O)N3CCN(CC(=O)NCc4ccccc4)CC3)o2)cc1. The smallest absolute Gasteiger partial charge is 0.289 e. The Morgan fingerprint density at radius 2 is 1.58 bits per heavy atom. The fourth-order valence-electron chi connectivity index (χ4n) is 3.80. The van der Waals surface area contributed by atoms with Crippen LogP contribution < -0.4 is 5.32 Å². The molecule has 4 rings (SSSR count). The number of carbonyl (C=O) groups excluding carboxylic acids is 3. The highest BCUT2D eigenvalue weighted by molar-refractivity contribution is 5.94. The Morgan fingerprint density at radius 3 is 2.24 bits per heavy atom. The van der Waals surface area contributed by atoms with Gasteiger partial charge in [0.1, 0.15) is 5.76 Å². The summed E-state index contributed by atoms with van der Waals surface area (Å²) in [5, 5.41) is 2.94. The van der Waals surface area contributed by atoms with E-state index in [4.69, 9.17) is 4.42 Å². The molecule has 33 heavy (non-hydrogen) atoms. The van der Waals surface area contributed by atoms with Gasteiger partial charge in [-0.15, -0.1) is 0 Å². The molecule has 0 aliphatic carbocycles. The lowest BCUT2D eigenvalue weighted by atomic mass is 10.1. The first-order valence-corrected chi connectivity index (χ1v) is 11.0. The molecule has 0 saturated carbocycles. The Labute approximate surface area is 193 Å². The summed E-state index contributed by atoms with van der Waals surface area (Å²) in [6.07, 6.45) is 0. The fraction of sp³-hybridized carbons (Fsp3) is 0.269. The van der Waals surface area contributed by atoms with Crippen molar-refractivity contribution in [3.8, 4) is 11.3 Å². The van der Waals surface area contributed by atoms with Crippen molar-refractivity contribution in [1.29, 1.82) is 0 Å². The van der Waals surface area contributed by atoms with E-state index >= 15 is 0 Å². The van der Waals surface area contributed by atoms with Crippen molar-refractivity contribution in [2.24, 2.45) is 0 Å². The summed E-state index contributed by atoms with van der Waals surface area (Å²) in [4.78, 5) is 40.4. The molecule has 3 aromatic rings. The molecule has 1 aliphatic heterocycles. The number of Topliss-reactive ketones (excluding diaryl/α,β-unsaturated/α-hetero) is 1. The van der Waals surface area contributed by atoms with Crippen molar-refractivity contribution in [1.82, 2.24) is 15.1 Å². The summed E-state index contributed by atoms with van der Waals surface area (Å²) in [7, 11) is 0. The van der Waals surface area contributed by atoms with Crippen LogP contribution in [0.25, 0.3) is 11.3 Å². The Hall–Kier alpha value is -3.71. The fourth-order valence-corrected chi connectivity index (χ4v) is 3.80. The van der Waals surface area contributed by atoms with E-state index in [-0.39, 0.29) is 23.4 Å². The van der Waals surface area contributed by atoms with Crippen LogP contribution in [0.5, 0.6) is 0 Å². The number of amides is 2. The maximum absolute atomic E-state index is 12.9. The molecule has 2 heterocycles. The van der Waals surface area contributed by atoms with Gasteiger partial charge in [0.2, 0.25) is 5.91 Å². The predicted octanol–water partition coefficient (Wildman–Crippen LogP) is 3.22. The average molecular weight is 446 g/mol. The quantitative estimate of drug-likeness (QED) is 0.565. The molecular formula is C26H27N3O4. The van der Waals surface area contributed by atoms with Gasteiger partial charge in [0.05, 0.1) is 6.54 Å². The third kappa shape index (κ3) is 5.75. The van der Waals surface area contributed by atoms with Gasteiger partial charge < -0.3 is 14.6 Å². The molecule has 0 atom stereocenters. The second kappa shape index (κ2) is 10.3. The molecule has 0 unspecified atom stereocenters. The van der Waals surface area contributed by atoms with Crippen LogP contribution in [-0.4, -0.2) is 60.1 Å². The number of piperazine rings is 1. The topological polar surface area (TPSA) is 82.9 Å². The van der Waals surface area contributed by atoms with E-state index in [0.717, 1.165) is 11.1 Å². The van der Waals surface area contributed by atoms with E-state index < -0.39 is 0 Å². The highest BCUT2D eigenvalue weighted by atomic mass is 16.4. The van der Waals surface area contributed by atoms with Crippen LogP contribution in [0.15, 0.2) is 71.1 Å². The molecule has 0 radical (unpaired) electrons. The van der Waals surface area contributed by atoms with Crippen LogP contribution in [0, 0.1) is 0 Å². The van der Waals surface area contributed by atoms with Crippen LogP contribution in [0.2, 0.25) is 0 Å². The standard InChI is InChI=1S/C26H27N3O4/c1-19(30)21-7-9-22(10-8-21)23-11-12-24(33-23)26(32)29-15-13-28(14-16-29)18-25(31)27-17-20-5-3-2-4-6-20/h2-12H,13-18H2,1H3,(H,27,31). The summed E-state index contributed by atoms with van der Waals surface area (Å²) in [6.45, 7) is 4.68. The van der Waals surface area contributed by atoms with Gasteiger partial charge in [0.25, 0.3) is 5.91 Å². The van der Waals surface area contributed by atoms with Gasteiger partial charge in [0, 0.05) is 43.9 Å². The van der Waals surface area contributed by atoms with Crippen LogP contribution in [0.1, 0.15) is 33.4 Å². The summed E-state index contributed by atoms with van der Waals surface area (Å²) in [5.41, 5.74) is 2.51. The minimum atomic E-state index is -0.158. The van der Waals surface area contributed by atoms with Gasteiger partial charge in [-0.1, -0.05) is 54.6 Å². The monoisotopic (exact) mass is 445 g/mol. The van der Waals surface area contributed by atoms with Crippen molar-refractivity contribution < 1.29 is 18.8 Å². The second-order valence-electron chi connectivity index (χ2n) is 8.13. The summed E-state index contributed by atoms with van der Waals surface area (Å²) in [5.74, 6) is 0.696. The van der Waals surface area contributed by atoms with E-state index in [9.17, 15) is 14.4 Å². The molecular weight excluding hydrogens is 418 g/mol. The van der Waals surface area contributed by atoms with Gasteiger partial charge in [-0.2, -0.15) is 0 Å². The molecule has 2 aromatic carbocycles. The molecule has 1 fully saturated rings. The number of carbonyl (C=O) groups is 3. The van der Waals surface area contributed by atoms with Crippen molar-refractivity contribution >= 4 is 17.6 Å². The first-order valence-electron chi connectivity index (χ1n) is 11.0. The van der Waals surface area contributed by atoms with Crippen LogP contribution in [0.4, 0.5) is 0 Å². The van der Waals surface area contributed by atoms with E-state index in [1.165, 1.54) is 6.92 Å². The first-order chi connectivity index (χ1) is 16.0. The minimum absolute atomic E-state index is 0.00433. The maximum Gasteiger partial charge on any atom is 0.289 e. The number of ketones is 1. The first kappa shape index (κ1) is 22.5. The molecule has 1 aliphatic rings. The molecule has 7 nitrogen and oxygen atoms in total. The number of hydrogen-bond donors (Lipinski definition) is 1. The normalized spacial score (nSPS) is 14.2. The van der Waals surface area contributed by atoms with Crippen LogP contribution in [0.3, 0.4) is 0 Å². The van der Waals surface area contributed by atoms with Crippen LogP contribution in [-0.2, 0) is 11.3 Å². The number of nitrogens with one attached hydrogen (secondary N) is 1. The maximum atomic E-state index is 12.9. The third-order valence-electron chi connectivity index (χ3n) is 5.75. The highest BCUT2D eigenvalue weighted by Gasteiger charge is 2.25. The van der Waals surface area contributed by atoms with Gasteiger partial charge >= 0.3 is 0 Å². The zero-order valence-electron chi connectivity index (χ0n) is 18.6. The number of furan rings is 1. The Balaban J connectivity index is 1.26. The Bertz CT molecular complexity index is 1110. The second-order valence-corrected chi connectivity index (χ2v) is 8.13. The number of nitrogens with zero attached hydrogens (tertiary/aromatic N) is 2. The molecule has 0 bridgehead atoms. The molecule has 0 spiro atoms.